The molecule has 0 spiro atoms. The average molecular weight is 229 g/mol. The predicted octanol–water partition coefficient (Wildman–Crippen LogP) is 2.70. The van der Waals surface area contributed by atoms with Crippen LogP contribution in [-0.4, -0.2) is 11.9 Å². The van der Waals surface area contributed by atoms with Crippen LogP contribution in [0, 0.1) is 5.92 Å². The van der Waals surface area contributed by atoms with Crippen LogP contribution in [0.1, 0.15) is 25.3 Å². The first-order chi connectivity index (χ1) is 8.25. The van der Waals surface area contributed by atoms with Crippen molar-refractivity contribution in [1.82, 2.24) is 5.32 Å². The number of hydrogen-bond acceptors (Lipinski definition) is 1. The Balaban J connectivity index is 1.89. The molecule has 1 heterocycles. The highest BCUT2D eigenvalue weighted by Crippen LogP contribution is 2.12. The molecule has 0 aliphatic carbocycles. The molecule has 0 radical (unpaired) electrons. The van der Waals surface area contributed by atoms with Crippen LogP contribution in [0.25, 0.3) is 0 Å². The van der Waals surface area contributed by atoms with Crippen molar-refractivity contribution in [2.24, 2.45) is 5.92 Å². The van der Waals surface area contributed by atoms with Crippen molar-refractivity contribution in [3.05, 3.63) is 48.0 Å². The second-order valence-electron chi connectivity index (χ2n) is 4.70. The molecule has 0 fully saturated rings. The highest BCUT2D eigenvalue weighted by atomic mass is 16.1. The molecule has 90 valence electrons. The first-order valence-corrected chi connectivity index (χ1v) is 6.26. The van der Waals surface area contributed by atoms with Crippen LogP contribution in [0.5, 0.6) is 0 Å². The summed E-state index contributed by atoms with van der Waals surface area (Å²) in [4.78, 5) is 11.7. The lowest BCUT2D eigenvalue weighted by molar-refractivity contribution is -0.124. The lowest BCUT2D eigenvalue weighted by atomic mass is 10.1. The Kier molecular flexibility index (Phi) is 3.97. The molecule has 0 unspecified atom stereocenters. The minimum atomic E-state index is 0.105. The standard InChI is InChI=1S/C15H19NO/c1-12-6-5-9-14(16-15(12)17)11-10-13-7-3-2-4-8-13/h2-5,7-9,12,14H,6,10-11H2,1H3,(H,16,17)/t12-,14-/m0/s1. The van der Waals surface area contributed by atoms with Gasteiger partial charge in [-0.1, -0.05) is 49.4 Å². The number of nitrogens with one attached hydrogen (secondary N) is 1. The molecule has 1 aliphatic rings. The first-order valence-electron chi connectivity index (χ1n) is 6.26. The van der Waals surface area contributed by atoms with Gasteiger partial charge in [0.1, 0.15) is 0 Å². The molecular weight excluding hydrogens is 210 g/mol. The summed E-state index contributed by atoms with van der Waals surface area (Å²) in [7, 11) is 0. The molecule has 0 saturated carbocycles. The molecule has 1 aromatic carbocycles. The summed E-state index contributed by atoms with van der Waals surface area (Å²) in [6.07, 6.45) is 7.08. The van der Waals surface area contributed by atoms with E-state index in [1.165, 1.54) is 5.56 Å². The van der Waals surface area contributed by atoms with E-state index in [9.17, 15) is 4.79 Å². The molecule has 0 aromatic heterocycles. The fourth-order valence-corrected chi connectivity index (χ4v) is 2.06. The number of allylic oxidation sites excluding steroid dienone is 1. The Morgan fingerprint density at radius 2 is 2.06 bits per heavy atom. The average Bonchev–Trinajstić information content (AvgIpc) is 2.51. The predicted molar refractivity (Wildman–Crippen MR) is 69.6 cm³/mol. The van der Waals surface area contributed by atoms with E-state index in [0.29, 0.717) is 0 Å². The highest BCUT2D eigenvalue weighted by Gasteiger charge is 2.17. The summed E-state index contributed by atoms with van der Waals surface area (Å²) in [6.45, 7) is 1.97. The minimum absolute atomic E-state index is 0.105. The zero-order valence-electron chi connectivity index (χ0n) is 10.2. The first kappa shape index (κ1) is 11.9. The van der Waals surface area contributed by atoms with Gasteiger partial charge in [0.2, 0.25) is 5.91 Å². The molecule has 1 N–H and O–H groups in total. The van der Waals surface area contributed by atoms with E-state index >= 15 is 0 Å². The van der Waals surface area contributed by atoms with E-state index < -0.39 is 0 Å². The largest absolute Gasteiger partial charge is 0.350 e. The Hall–Kier alpha value is -1.57. The fraction of sp³-hybridized carbons (Fsp3) is 0.400. The second-order valence-corrected chi connectivity index (χ2v) is 4.70. The smallest absolute Gasteiger partial charge is 0.223 e. The number of carbonyl (C=O) groups is 1. The quantitative estimate of drug-likeness (QED) is 0.793. The zero-order chi connectivity index (χ0) is 12.1. The number of carbonyl (C=O) groups excluding carboxylic acids is 1. The lowest BCUT2D eigenvalue weighted by Gasteiger charge is -2.14. The molecule has 0 bridgehead atoms. The van der Waals surface area contributed by atoms with Gasteiger partial charge in [0.25, 0.3) is 0 Å². The number of amides is 1. The molecule has 2 heteroatoms. The van der Waals surface area contributed by atoms with Gasteiger partial charge in [-0.2, -0.15) is 0 Å². The molecule has 17 heavy (non-hydrogen) atoms. The molecule has 0 saturated heterocycles. The van der Waals surface area contributed by atoms with Gasteiger partial charge >= 0.3 is 0 Å². The van der Waals surface area contributed by atoms with Crippen molar-refractivity contribution < 1.29 is 4.79 Å². The fourth-order valence-electron chi connectivity index (χ4n) is 2.06. The van der Waals surface area contributed by atoms with E-state index in [-0.39, 0.29) is 17.9 Å². The van der Waals surface area contributed by atoms with Gasteiger partial charge in [0.15, 0.2) is 0 Å². The van der Waals surface area contributed by atoms with Gasteiger partial charge < -0.3 is 5.32 Å². The van der Waals surface area contributed by atoms with Crippen molar-refractivity contribution in [3.8, 4) is 0 Å². The monoisotopic (exact) mass is 229 g/mol. The van der Waals surface area contributed by atoms with Gasteiger partial charge in [-0.3, -0.25) is 4.79 Å². The van der Waals surface area contributed by atoms with Gasteiger partial charge in [-0.25, -0.2) is 0 Å². The normalized spacial score (nSPS) is 24.2. The Morgan fingerprint density at radius 1 is 1.29 bits per heavy atom. The zero-order valence-corrected chi connectivity index (χ0v) is 10.2. The van der Waals surface area contributed by atoms with E-state index in [2.05, 4.69) is 41.7 Å². The molecule has 2 rings (SSSR count). The molecule has 2 atom stereocenters. The van der Waals surface area contributed by atoms with Crippen molar-refractivity contribution >= 4 is 5.91 Å². The summed E-state index contributed by atoms with van der Waals surface area (Å²) in [5, 5.41) is 3.07. The van der Waals surface area contributed by atoms with Crippen LogP contribution >= 0.6 is 0 Å². The van der Waals surface area contributed by atoms with Crippen LogP contribution in [-0.2, 0) is 11.2 Å². The summed E-state index contributed by atoms with van der Waals surface area (Å²) in [5.41, 5.74) is 1.33. The molecule has 2 nitrogen and oxygen atoms in total. The maximum absolute atomic E-state index is 11.7. The molecule has 1 amide bonds. The van der Waals surface area contributed by atoms with Crippen LogP contribution in [0.15, 0.2) is 42.5 Å². The van der Waals surface area contributed by atoms with Crippen LogP contribution in [0.4, 0.5) is 0 Å². The van der Waals surface area contributed by atoms with Gasteiger partial charge in [-0.05, 0) is 24.8 Å². The topological polar surface area (TPSA) is 29.1 Å². The van der Waals surface area contributed by atoms with Crippen molar-refractivity contribution in [2.75, 3.05) is 0 Å². The minimum Gasteiger partial charge on any atom is -0.350 e. The Bertz CT molecular complexity index is 397. The molecule has 1 aromatic rings. The van der Waals surface area contributed by atoms with E-state index in [1.54, 1.807) is 0 Å². The lowest BCUT2D eigenvalue weighted by Crippen LogP contribution is -2.35. The number of aryl methyl sites for hydroxylation is 1. The number of benzene rings is 1. The number of hydrogen-bond donors (Lipinski definition) is 1. The van der Waals surface area contributed by atoms with Crippen molar-refractivity contribution in [1.29, 1.82) is 0 Å². The van der Waals surface area contributed by atoms with Gasteiger partial charge in [-0.15, -0.1) is 0 Å². The van der Waals surface area contributed by atoms with Crippen molar-refractivity contribution in [3.63, 3.8) is 0 Å². The SMILES string of the molecule is C[C@H]1CC=C[C@@H](CCc2ccccc2)NC1=O. The third-order valence-corrected chi connectivity index (χ3v) is 3.22. The maximum Gasteiger partial charge on any atom is 0.223 e. The van der Waals surface area contributed by atoms with Gasteiger partial charge in [0.05, 0.1) is 0 Å². The summed E-state index contributed by atoms with van der Waals surface area (Å²) < 4.78 is 0. The Labute approximate surface area is 103 Å². The van der Waals surface area contributed by atoms with Crippen molar-refractivity contribution in [2.45, 2.75) is 32.2 Å². The third kappa shape index (κ3) is 3.45. The van der Waals surface area contributed by atoms with E-state index in [4.69, 9.17) is 0 Å². The summed E-state index contributed by atoms with van der Waals surface area (Å²) in [6, 6.07) is 10.6. The summed E-state index contributed by atoms with van der Waals surface area (Å²) >= 11 is 0. The van der Waals surface area contributed by atoms with Gasteiger partial charge in [0, 0.05) is 12.0 Å². The maximum atomic E-state index is 11.7. The van der Waals surface area contributed by atoms with E-state index in [1.807, 2.05) is 13.0 Å². The van der Waals surface area contributed by atoms with E-state index in [0.717, 1.165) is 19.3 Å². The Morgan fingerprint density at radius 3 is 2.82 bits per heavy atom. The molecule has 1 aliphatic heterocycles. The highest BCUT2D eigenvalue weighted by molar-refractivity contribution is 5.79. The van der Waals surface area contributed by atoms with Crippen LogP contribution in [0.3, 0.4) is 0 Å². The summed E-state index contributed by atoms with van der Waals surface area (Å²) in [5.74, 6) is 0.279. The third-order valence-electron chi connectivity index (χ3n) is 3.22. The molecular formula is C15H19NO. The second kappa shape index (κ2) is 5.67. The number of rotatable bonds is 3. The van der Waals surface area contributed by atoms with Crippen LogP contribution in [0.2, 0.25) is 0 Å². The van der Waals surface area contributed by atoms with Crippen LogP contribution < -0.4 is 5.32 Å².